The summed E-state index contributed by atoms with van der Waals surface area (Å²) in [4.78, 5) is 0. The summed E-state index contributed by atoms with van der Waals surface area (Å²) in [5.74, 6) is 1.25. The Hall–Kier alpha value is -3.84. The van der Waals surface area contributed by atoms with Gasteiger partial charge in [-0.25, -0.2) is 0 Å². The molecule has 0 atom stereocenters. The van der Waals surface area contributed by atoms with E-state index in [0.29, 0.717) is 11.8 Å². The normalized spacial score (nSPS) is 10.8. The van der Waals surface area contributed by atoms with Gasteiger partial charge >= 0.3 is 30.2 Å². The zero-order valence-corrected chi connectivity index (χ0v) is 34.1. The number of benzene rings is 6. The van der Waals surface area contributed by atoms with Crippen LogP contribution < -0.4 is 0 Å². The Bertz CT molecular complexity index is 2320. The number of fused-ring (bicyclic) bond motifs is 4. The average molecular weight is 744 g/mol. The number of rotatable bonds is 5. The molecule has 0 aromatic heterocycles. The molecule has 8 rings (SSSR count). The first-order chi connectivity index (χ1) is 23.4. The predicted octanol–water partition coefficient (Wildman–Crippen LogP) is 13.9. The van der Waals surface area contributed by atoms with E-state index in [9.17, 15) is 0 Å². The second kappa shape index (κ2) is 17.4. The molecule has 0 saturated heterocycles. The summed E-state index contributed by atoms with van der Waals surface area (Å²) >= 11 is 1.36. The van der Waals surface area contributed by atoms with Gasteiger partial charge in [-0.2, -0.15) is 12.1 Å². The molecule has 0 amide bonds. The first kappa shape index (κ1) is 39.0. The summed E-state index contributed by atoms with van der Waals surface area (Å²) < 4.78 is 0. The van der Waals surface area contributed by atoms with Gasteiger partial charge in [0.15, 0.2) is 0 Å². The van der Waals surface area contributed by atoms with Crippen molar-refractivity contribution in [2.24, 2.45) is 5.92 Å². The molecular formula is C48H48SiZr-4. The van der Waals surface area contributed by atoms with Crippen LogP contribution in [0, 0.1) is 27.7 Å². The van der Waals surface area contributed by atoms with Crippen molar-refractivity contribution in [3.05, 3.63) is 171 Å². The molecule has 0 aliphatic rings. The van der Waals surface area contributed by atoms with Crippen LogP contribution in [0.5, 0.6) is 0 Å². The van der Waals surface area contributed by atoms with Gasteiger partial charge in [-0.1, -0.05) is 143 Å². The fraction of sp³-hybridized carbons (Fsp3) is 0.167. The van der Waals surface area contributed by atoms with E-state index in [0.717, 1.165) is 6.42 Å². The molecular weight excluding hydrogens is 696 g/mol. The van der Waals surface area contributed by atoms with Gasteiger partial charge in [-0.15, -0.1) is 68.6 Å². The van der Waals surface area contributed by atoms with Gasteiger partial charge in [0.25, 0.3) is 0 Å². The second-order valence-corrected chi connectivity index (χ2v) is 13.5. The van der Waals surface area contributed by atoms with Crippen LogP contribution in [0.4, 0.5) is 0 Å². The fourth-order valence-electron chi connectivity index (χ4n) is 7.08. The molecule has 8 aromatic rings. The molecule has 8 aromatic carbocycles. The van der Waals surface area contributed by atoms with E-state index in [1.54, 1.807) is 0 Å². The van der Waals surface area contributed by atoms with Gasteiger partial charge < -0.3 is 14.9 Å². The zero-order chi connectivity index (χ0) is 33.8. The van der Waals surface area contributed by atoms with Crippen LogP contribution in [0.3, 0.4) is 0 Å². The predicted molar refractivity (Wildman–Crippen MR) is 221 cm³/mol. The molecule has 0 fully saturated rings. The minimum absolute atomic E-state index is 0. The molecule has 2 radical (unpaired) electrons. The van der Waals surface area contributed by atoms with Crippen LogP contribution in [0.25, 0.3) is 65.3 Å². The van der Waals surface area contributed by atoms with Gasteiger partial charge in [-0.05, 0) is 50.9 Å². The monoisotopic (exact) mass is 742 g/mol. The van der Waals surface area contributed by atoms with E-state index in [1.807, 2.05) is 0 Å². The van der Waals surface area contributed by atoms with Gasteiger partial charge in [0.2, 0.25) is 0 Å². The average Bonchev–Trinajstić information content (AvgIpc) is 3.75. The van der Waals surface area contributed by atoms with E-state index in [4.69, 9.17) is 0 Å². The first-order valence-corrected chi connectivity index (χ1v) is 21.2. The third kappa shape index (κ3) is 8.04. The molecule has 0 unspecified atom stereocenters. The van der Waals surface area contributed by atoms with Crippen LogP contribution in [0.1, 0.15) is 50.3 Å². The van der Waals surface area contributed by atoms with E-state index >= 15 is 0 Å². The van der Waals surface area contributed by atoms with Crippen molar-refractivity contribution >= 4 is 50.0 Å². The molecule has 0 aliphatic carbocycles. The van der Waals surface area contributed by atoms with Gasteiger partial charge in [-0.3, -0.25) is 0 Å². The molecule has 0 nitrogen and oxygen atoms in total. The molecule has 0 saturated carbocycles. The third-order valence-corrected chi connectivity index (χ3v) is 9.41. The maximum atomic E-state index is 3.06. The Morgan fingerprint density at radius 2 is 1.04 bits per heavy atom. The van der Waals surface area contributed by atoms with E-state index < -0.39 is 0 Å². The van der Waals surface area contributed by atoms with Crippen molar-refractivity contribution < 1.29 is 23.3 Å². The standard InChI is InChI=1S/C24H23.C22H19.2CH3.Si.Zr/c1-16(2)13-18-14-23-17(3)11-12-22(24(23)15-18)21-10-6-8-19-7-4-5-9-20(19)21;1-15(2)18-13-17-9-6-12-21(22(17)14-18)20-11-5-8-16-7-3-4-10-19(16)20;;;;/h4-12,14-16H,13H2,1-3H3;3-15H,1-2H3;2*1H3;;/q4*-1;;. The quantitative estimate of drug-likeness (QED) is 0.122. The van der Waals surface area contributed by atoms with Crippen molar-refractivity contribution in [2.75, 3.05) is 0 Å². The van der Waals surface area contributed by atoms with Crippen LogP contribution in [0.2, 0.25) is 0 Å². The van der Waals surface area contributed by atoms with Gasteiger partial charge in [0, 0.05) is 0 Å². The van der Waals surface area contributed by atoms with Gasteiger partial charge in [0.1, 0.15) is 0 Å². The molecule has 0 aliphatic heterocycles. The van der Waals surface area contributed by atoms with Crippen LogP contribution in [0.15, 0.2) is 140 Å². The van der Waals surface area contributed by atoms with Crippen LogP contribution in [-0.4, -0.2) is 6.88 Å². The summed E-state index contributed by atoms with van der Waals surface area (Å²) in [6.45, 7) is 14.4. The Kier molecular flexibility index (Phi) is 13.5. The fourth-order valence-corrected chi connectivity index (χ4v) is 7.08. The van der Waals surface area contributed by atoms with Crippen LogP contribution >= 0.6 is 0 Å². The molecule has 0 bridgehead atoms. The summed E-state index contributed by atoms with van der Waals surface area (Å²) in [5, 5.41) is 10.8. The molecule has 0 N–H and O–H groups in total. The number of hydrogen-bond donors (Lipinski definition) is 0. The maximum absolute atomic E-state index is 3.06. The zero-order valence-electron chi connectivity index (χ0n) is 30.6. The number of hydrogen-bond acceptors (Lipinski definition) is 0. The SMILES string of the molecule is CC(C)c1cc2c(-c3cccc4ccccc34)cccc2[cH-]1.Cc1ccc(-c2cccc3ccccc23)c2cc(CC(C)C)[cH-]c12.[CH3-].[CH3-].[Si]=[Zr]. The molecule has 0 heterocycles. The van der Waals surface area contributed by atoms with Crippen LogP contribution in [-0.2, 0) is 29.8 Å². The summed E-state index contributed by atoms with van der Waals surface area (Å²) in [5.41, 5.74) is 9.58. The van der Waals surface area contributed by atoms with Crippen molar-refractivity contribution in [1.82, 2.24) is 0 Å². The Morgan fingerprint density at radius 1 is 0.540 bits per heavy atom. The van der Waals surface area contributed by atoms with E-state index in [-0.39, 0.29) is 14.9 Å². The Balaban J connectivity index is 0.000000207. The van der Waals surface area contributed by atoms with Crippen molar-refractivity contribution in [2.45, 2.75) is 47.0 Å². The third-order valence-electron chi connectivity index (χ3n) is 9.41. The molecule has 252 valence electrons. The minimum atomic E-state index is 0. The van der Waals surface area contributed by atoms with Gasteiger partial charge in [0.05, 0.1) is 0 Å². The Labute approximate surface area is 317 Å². The van der Waals surface area contributed by atoms with E-state index in [2.05, 4.69) is 181 Å². The summed E-state index contributed by atoms with van der Waals surface area (Å²) in [6, 6.07) is 51.1. The second-order valence-electron chi connectivity index (χ2n) is 13.5. The Morgan fingerprint density at radius 3 is 1.60 bits per heavy atom. The summed E-state index contributed by atoms with van der Waals surface area (Å²) in [7, 11) is 0. The molecule has 0 spiro atoms. The topological polar surface area (TPSA) is 0 Å². The summed E-state index contributed by atoms with van der Waals surface area (Å²) in [6.07, 6.45) is 1.14. The van der Waals surface area contributed by atoms with E-state index in [1.165, 1.54) is 105 Å². The van der Waals surface area contributed by atoms with Crippen molar-refractivity contribution in [3.8, 4) is 22.3 Å². The molecule has 2 heteroatoms. The number of aryl methyl sites for hydroxylation is 1. The first-order valence-electron chi connectivity index (χ1n) is 17.0. The van der Waals surface area contributed by atoms with Crippen molar-refractivity contribution in [3.63, 3.8) is 0 Å². The van der Waals surface area contributed by atoms with Crippen molar-refractivity contribution in [1.29, 1.82) is 0 Å². The molecule has 50 heavy (non-hydrogen) atoms.